The van der Waals surface area contributed by atoms with E-state index in [0.717, 1.165) is 5.57 Å². The number of hydrogen-bond donors (Lipinski definition) is 3. The summed E-state index contributed by atoms with van der Waals surface area (Å²) in [6, 6.07) is -1.32. The van der Waals surface area contributed by atoms with Crippen molar-refractivity contribution in [2.45, 2.75) is 89.4 Å². The Labute approximate surface area is 249 Å². The monoisotopic (exact) mass is 610 g/mol. The number of fused-ring (bicyclic) bond motifs is 5. The van der Waals surface area contributed by atoms with Crippen LogP contribution in [0.2, 0.25) is 0 Å². The van der Waals surface area contributed by atoms with Crippen molar-refractivity contribution in [2.75, 3.05) is 26.4 Å². The van der Waals surface area contributed by atoms with E-state index in [0.29, 0.717) is 38.5 Å². The van der Waals surface area contributed by atoms with E-state index in [4.69, 9.17) is 19.9 Å². The zero-order valence-corrected chi connectivity index (χ0v) is 24.7. The van der Waals surface area contributed by atoms with Gasteiger partial charge >= 0.3 is 12.1 Å². The molecule has 4 aliphatic rings. The van der Waals surface area contributed by atoms with Crippen molar-refractivity contribution in [1.29, 1.82) is 0 Å². The van der Waals surface area contributed by atoms with Crippen molar-refractivity contribution >= 4 is 23.7 Å². The van der Waals surface area contributed by atoms with Crippen LogP contribution in [0.5, 0.6) is 0 Å². The molecule has 4 aliphatic carbocycles. The van der Waals surface area contributed by atoms with Crippen molar-refractivity contribution in [1.82, 2.24) is 0 Å². The van der Waals surface area contributed by atoms with E-state index in [2.05, 4.69) is 17.8 Å². The Hall–Kier alpha value is -3.10. The predicted molar refractivity (Wildman–Crippen MR) is 146 cm³/mol. The second-order valence-electron chi connectivity index (χ2n) is 12.8. The maximum atomic E-state index is 13.3. The largest absolute Gasteiger partial charge is 0.508 e. The average molecular weight is 611 g/mol. The molecule has 4 N–H and O–H groups in total. The summed E-state index contributed by atoms with van der Waals surface area (Å²) < 4.78 is 14.7. The van der Waals surface area contributed by atoms with Crippen LogP contribution in [0.25, 0.3) is 0 Å². The molecule has 8 atom stereocenters. The molecule has 0 radical (unpaired) electrons. The molecule has 0 amide bonds. The molecule has 14 heteroatoms. The molecule has 0 aliphatic heterocycles. The molecular formula is C29H42N2O12. The standard InChI is InChI=1S/C29H42N2O12/c1-27-9-7-18(32)13-17(27)5-6-19-20-8-10-29(37,28(20,2)14-22(33)24(19)27)23(34)16-42-26(36)41-15-21(30)25(35)40-11-3-4-12-43-31(38)39/h5,19-22,24,33,37H,3-4,6-16,30H2,1-2H3/t19-,20-,21?,22-,24+,27-,28-,29-/m0/s1. The number of ether oxygens (including phenoxy) is 3. The van der Waals surface area contributed by atoms with Crippen LogP contribution in [0.15, 0.2) is 11.6 Å². The van der Waals surface area contributed by atoms with Gasteiger partial charge in [0, 0.05) is 18.3 Å². The van der Waals surface area contributed by atoms with Gasteiger partial charge in [0.2, 0.25) is 5.78 Å². The van der Waals surface area contributed by atoms with E-state index >= 15 is 0 Å². The van der Waals surface area contributed by atoms with E-state index in [9.17, 15) is 39.5 Å². The highest BCUT2D eigenvalue weighted by Crippen LogP contribution is 2.67. The van der Waals surface area contributed by atoms with Gasteiger partial charge in [-0.25, -0.2) is 4.79 Å². The first-order valence-corrected chi connectivity index (χ1v) is 14.9. The number of allylic oxidation sites excluding steroid dienone is 2. The number of ketones is 2. The summed E-state index contributed by atoms with van der Waals surface area (Å²) >= 11 is 0. The van der Waals surface area contributed by atoms with Crippen LogP contribution < -0.4 is 5.73 Å². The van der Waals surface area contributed by atoms with Crippen molar-refractivity contribution in [3.05, 3.63) is 21.8 Å². The fraction of sp³-hybridized carbons (Fsp3) is 0.793. The highest BCUT2D eigenvalue weighted by molar-refractivity contribution is 5.90. The molecule has 0 bridgehead atoms. The molecular weight excluding hydrogens is 568 g/mol. The minimum atomic E-state index is -1.82. The number of esters is 1. The van der Waals surface area contributed by atoms with Gasteiger partial charge in [0.1, 0.15) is 24.0 Å². The molecule has 14 nitrogen and oxygen atoms in total. The topological polar surface area (TPSA) is 215 Å². The average Bonchev–Trinajstić information content (AvgIpc) is 3.22. The third-order valence-electron chi connectivity index (χ3n) is 10.5. The van der Waals surface area contributed by atoms with E-state index in [-0.39, 0.29) is 61.4 Å². The summed E-state index contributed by atoms with van der Waals surface area (Å²) in [7, 11) is 0. The molecule has 0 aromatic heterocycles. The van der Waals surface area contributed by atoms with Gasteiger partial charge in [-0.2, -0.15) is 0 Å². The number of nitrogens with two attached hydrogens (primary N) is 1. The lowest BCUT2D eigenvalue weighted by molar-refractivity contribution is -0.757. The number of hydrogen-bond acceptors (Lipinski definition) is 13. The lowest BCUT2D eigenvalue weighted by Crippen LogP contribution is -2.61. The number of unbranched alkanes of at least 4 members (excludes halogenated alkanes) is 1. The molecule has 0 spiro atoms. The molecule has 3 fully saturated rings. The van der Waals surface area contributed by atoms with Crippen LogP contribution in [-0.2, 0) is 33.4 Å². The summed E-state index contributed by atoms with van der Waals surface area (Å²) in [5, 5.41) is 32.4. The molecule has 1 unspecified atom stereocenters. The third-order valence-corrected chi connectivity index (χ3v) is 10.5. The molecule has 0 heterocycles. The van der Waals surface area contributed by atoms with Crippen LogP contribution in [0.3, 0.4) is 0 Å². The zero-order chi connectivity index (χ0) is 31.6. The first kappa shape index (κ1) is 32.8. The van der Waals surface area contributed by atoms with Crippen LogP contribution in [-0.4, -0.2) is 83.2 Å². The Balaban J connectivity index is 1.27. The molecule has 0 aromatic rings. The number of Topliss-reactive ketones (excluding diaryl/α,β-unsaturated/α-hetero) is 2. The molecule has 240 valence electrons. The van der Waals surface area contributed by atoms with E-state index in [1.165, 1.54) is 0 Å². The number of carbonyl (C=O) groups excluding carboxylic acids is 4. The van der Waals surface area contributed by atoms with Crippen LogP contribution in [0.1, 0.15) is 71.6 Å². The Kier molecular flexibility index (Phi) is 9.82. The first-order chi connectivity index (χ1) is 20.2. The minimum absolute atomic E-state index is 0.0408. The van der Waals surface area contributed by atoms with Gasteiger partial charge in [0.15, 0.2) is 6.61 Å². The van der Waals surface area contributed by atoms with E-state index in [1.54, 1.807) is 0 Å². The zero-order valence-electron chi connectivity index (χ0n) is 24.7. The van der Waals surface area contributed by atoms with Gasteiger partial charge in [-0.15, -0.1) is 10.1 Å². The van der Waals surface area contributed by atoms with Crippen molar-refractivity contribution in [3.8, 4) is 0 Å². The SMILES string of the molecule is C[C@]12CCC(=O)CC1=CC[C@@H]1[C@@H]2[C@@H](O)C[C@@]2(C)[C@H]1CC[C@]2(O)C(=O)COC(=O)OCC(N)C(=O)OCCCCO[N+](=O)[O-]. The van der Waals surface area contributed by atoms with Crippen molar-refractivity contribution in [3.63, 3.8) is 0 Å². The molecule has 0 aromatic carbocycles. The van der Waals surface area contributed by atoms with Crippen LogP contribution in [0, 0.1) is 38.7 Å². The molecule has 43 heavy (non-hydrogen) atoms. The lowest BCUT2D eigenvalue weighted by atomic mass is 9.46. The third kappa shape index (κ3) is 6.41. The van der Waals surface area contributed by atoms with Crippen LogP contribution in [0.4, 0.5) is 4.79 Å². The second kappa shape index (κ2) is 12.9. The Morgan fingerprint density at radius 3 is 2.60 bits per heavy atom. The lowest BCUT2D eigenvalue weighted by Gasteiger charge is -2.59. The summed E-state index contributed by atoms with van der Waals surface area (Å²) in [6.45, 7) is 2.43. The second-order valence-corrected chi connectivity index (χ2v) is 12.8. The molecule has 0 saturated heterocycles. The number of carbonyl (C=O) groups is 4. The number of aliphatic hydroxyl groups excluding tert-OH is 1. The fourth-order valence-electron chi connectivity index (χ4n) is 8.21. The normalized spacial score (nSPS) is 35.4. The molecule has 4 rings (SSSR count). The maximum Gasteiger partial charge on any atom is 0.508 e. The summed E-state index contributed by atoms with van der Waals surface area (Å²) in [6.07, 6.45) is 3.91. The van der Waals surface area contributed by atoms with Gasteiger partial charge < -0.3 is 35.0 Å². The summed E-state index contributed by atoms with van der Waals surface area (Å²) in [5.41, 5.74) is 3.71. The number of rotatable bonds is 12. The van der Waals surface area contributed by atoms with Crippen molar-refractivity contribution in [2.24, 2.45) is 34.3 Å². The highest BCUT2D eigenvalue weighted by Gasteiger charge is 2.68. The molecule has 3 saturated carbocycles. The number of aliphatic hydroxyl groups is 2. The van der Waals surface area contributed by atoms with Gasteiger partial charge in [-0.05, 0) is 68.1 Å². The van der Waals surface area contributed by atoms with Gasteiger partial charge in [0.25, 0.3) is 5.09 Å². The Bertz CT molecular complexity index is 1160. The van der Waals surface area contributed by atoms with Crippen LogP contribution >= 0.6 is 0 Å². The van der Waals surface area contributed by atoms with Gasteiger partial charge in [-0.1, -0.05) is 25.5 Å². The van der Waals surface area contributed by atoms with E-state index < -0.39 is 59.4 Å². The Morgan fingerprint density at radius 2 is 1.88 bits per heavy atom. The van der Waals surface area contributed by atoms with Gasteiger partial charge in [0.05, 0.1) is 19.3 Å². The summed E-state index contributed by atoms with van der Waals surface area (Å²) in [4.78, 5) is 63.8. The maximum absolute atomic E-state index is 13.3. The Morgan fingerprint density at radius 1 is 1.16 bits per heavy atom. The quantitative estimate of drug-likeness (QED) is 0.0946. The van der Waals surface area contributed by atoms with Crippen molar-refractivity contribution < 1.29 is 53.5 Å². The number of nitrogens with zero attached hydrogens (tertiary/aromatic N) is 1. The first-order valence-electron chi connectivity index (χ1n) is 14.9. The fourth-order valence-corrected chi connectivity index (χ4v) is 8.21. The van der Waals surface area contributed by atoms with E-state index in [1.807, 2.05) is 6.92 Å². The predicted octanol–water partition coefficient (Wildman–Crippen LogP) is 1.80. The smallest absolute Gasteiger partial charge is 0.464 e. The summed E-state index contributed by atoms with van der Waals surface area (Å²) in [5.74, 6) is -1.40. The minimum Gasteiger partial charge on any atom is -0.464 e. The van der Waals surface area contributed by atoms with Gasteiger partial charge in [-0.3, -0.25) is 14.4 Å². The highest BCUT2D eigenvalue weighted by atomic mass is 16.9.